The van der Waals surface area contributed by atoms with Gasteiger partial charge < -0.3 is 29.7 Å². The minimum absolute atomic E-state index is 0.0479. The van der Waals surface area contributed by atoms with Gasteiger partial charge in [-0.05, 0) is 42.7 Å². The number of amides is 1. The Labute approximate surface area is 253 Å². The number of nitrogens with one attached hydrogen (secondary N) is 2. The van der Waals surface area contributed by atoms with Gasteiger partial charge in [-0.15, -0.1) is 0 Å². The number of benzene rings is 2. The van der Waals surface area contributed by atoms with Crippen molar-refractivity contribution in [2.45, 2.75) is 38.2 Å². The number of carbonyl (C=O) groups excluding carboxylic acids is 1. The van der Waals surface area contributed by atoms with E-state index >= 15 is 0 Å². The molecule has 14 heteroatoms. The Balaban J connectivity index is 1.31. The second-order valence-corrected chi connectivity index (χ2v) is 10.6. The summed E-state index contributed by atoms with van der Waals surface area (Å²) in [5.41, 5.74) is 1.12. The SMILES string of the molecule is COCCN1CCC(NC(=O)c2ccc(Nc3ncc(C(F)(F)F)c(Oc4cccc5c4CON(C)C5)n3)c(OC)c2)CC1. The average molecular weight is 617 g/mol. The van der Waals surface area contributed by atoms with E-state index in [2.05, 4.69) is 25.5 Å². The summed E-state index contributed by atoms with van der Waals surface area (Å²) >= 11 is 0. The van der Waals surface area contributed by atoms with Crippen molar-refractivity contribution >= 4 is 17.5 Å². The van der Waals surface area contributed by atoms with E-state index in [1.54, 1.807) is 49.6 Å². The van der Waals surface area contributed by atoms with E-state index in [9.17, 15) is 18.0 Å². The summed E-state index contributed by atoms with van der Waals surface area (Å²) in [6.07, 6.45) is -2.43. The Morgan fingerprint density at radius 3 is 2.66 bits per heavy atom. The minimum Gasteiger partial charge on any atom is -0.495 e. The number of fused-ring (bicyclic) bond motifs is 1. The number of carbonyl (C=O) groups is 1. The molecular formula is C30H35F3N6O5. The molecule has 0 bridgehead atoms. The fourth-order valence-corrected chi connectivity index (χ4v) is 5.13. The van der Waals surface area contributed by atoms with Gasteiger partial charge in [-0.1, -0.05) is 12.1 Å². The molecule has 1 fully saturated rings. The predicted octanol–water partition coefficient (Wildman–Crippen LogP) is 4.76. The maximum absolute atomic E-state index is 13.9. The van der Waals surface area contributed by atoms with Crippen LogP contribution in [-0.2, 0) is 28.9 Å². The van der Waals surface area contributed by atoms with Crippen LogP contribution < -0.4 is 20.1 Å². The number of aromatic nitrogens is 2. The van der Waals surface area contributed by atoms with Crippen molar-refractivity contribution in [3.8, 4) is 17.4 Å². The third-order valence-electron chi connectivity index (χ3n) is 7.56. The van der Waals surface area contributed by atoms with E-state index in [0.717, 1.165) is 38.0 Å². The molecule has 44 heavy (non-hydrogen) atoms. The summed E-state index contributed by atoms with van der Waals surface area (Å²) in [7, 11) is 4.87. The van der Waals surface area contributed by atoms with Crippen molar-refractivity contribution < 1.29 is 37.0 Å². The molecule has 0 spiro atoms. The van der Waals surface area contributed by atoms with Gasteiger partial charge in [0.15, 0.2) is 0 Å². The fourth-order valence-electron chi connectivity index (χ4n) is 5.13. The zero-order valence-corrected chi connectivity index (χ0v) is 24.7. The van der Waals surface area contributed by atoms with Gasteiger partial charge in [0, 0.05) is 63.7 Å². The van der Waals surface area contributed by atoms with Crippen LogP contribution in [0.15, 0.2) is 42.6 Å². The quantitative estimate of drug-likeness (QED) is 0.331. The van der Waals surface area contributed by atoms with Crippen molar-refractivity contribution in [2.24, 2.45) is 0 Å². The Morgan fingerprint density at radius 2 is 1.93 bits per heavy atom. The fraction of sp³-hybridized carbons (Fsp3) is 0.433. The van der Waals surface area contributed by atoms with E-state index in [0.29, 0.717) is 36.2 Å². The normalized spacial score (nSPS) is 16.3. The smallest absolute Gasteiger partial charge is 0.423 e. The number of rotatable bonds is 10. The van der Waals surface area contributed by atoms with Crippen LogP contribution in [0.25, 0.3) is 0 Å². The molecular weight excluding hydrogens is 581 g/mol. The number of nitrogens with zero attached hydrogens (tertiary/aromatic N) is 4. The number of likely N-dealkylation sites (tertiary alicyclic amines) is 1. The lowest BCUT2D eigenvalue weighted by atomic mass is 10.0. The van der Waals surface area contributed by atoms with Crippen LogP contribution in [0.2, 0.25) is 0 Å². The molecule has 1 saturated heterocycles. The van der Waals surface area contributed by atoms with Crippen LogP contribution >= 0.6 is 0 Å². The van der Waals surface area contributed by atoms with Crippen molar-refractivity contribution in [1.29, 1.82) is 0 Å². The monoisotopic (exact) mass is 616 g/mol. The highest BCUT2D eigenvalue weighted by Crippen LogP contribution is 2.39. The number of halogens is 3. The molecule has 11 nitrogen and oxygen atoms in total. The minimum atomic E-state index is -4.76. The molecule has 0 radical (unpaired) electrons. The molecule has 3 heterocycles. The number of hydrogen-bond donors (Lipinski definition) is 2. The Morgan fingerprint density at radius 1 is 1.14 bits per heavy atom. The first-order valence-electron chi connectivity index (χ1n) is 14.2. The highest BCUT2D eigenvalue weighted by molar-refractivity contribution is 5.95. The molecule has 236 valence electrons. The highest BCUT2D eigenvalue weighted by atomic mass is 19.4. The molecule has 2 aliphatic heterocycles. The number of methoxy groups -OCH3 is 2. The van der Waals surface area contributed by atoms with E-state index in [1.807, 2.05) is 6.07 Å². The maximum Gasteiger partial charge on any atom is 0.423 e. The first-order valence-corrected chi connectivity index (χ1v) is 14.2. The van der Waals surface area contributed by atoms with E-state index in [1.165, 1.54) is 7.11 Å². The van der Waals surface area contributed by atoms with Crippen LogP contribution in [-0.4, -0.2) is 79.4 Å². The van der Waals surface area contributed by atoms with Crippen LogP contribution in [0.1, 0.15) is 39.9 Å². The molecule has 0 saturated carbocycles. The number of anilines is 2. The van der Waals surface area contributed by atoms with E-state index in [-0.39, 0.29) is 36.0 Å². The van der Waals surface area contributed by atoms with Crippen molar-refractivity contribution in [1.82, 2.24) is 25.2 Å². The summed E-state index contributed by atoms with van der Waals surface area (Å²) in [5.74, 6) is -0.557. The maximum atomic E-state index is 13.9. The third kappa shape index (κ3) is 7.56. The summed E-state index contributed by atoms with van der Waals surface area (Å²) in [4.78, 5) is 28.8. The predicted molar refractivity (Wildman–Crippen MR) is 155 cm³/mol. The van der Waals surface area contributed by atoms with Crippen LogP contribution in [0.4, 0.5) is 24.8 Å². The second kappa shape index (κ2) is 13.8. The van der Waals surface area contributed by atoms with Gasteiger partial charge >= 0.3 is 6.18 Å². The first kappa shape index (κ1) is 31.4. The van der Waals surface area contributed by atoms with Gasteiger partial charge in [-0.3, -0.25) is 9.63 Å². The molecule has 2 aromatic carbocycles. The van der Waals surface area contributed by atoms with E-state index in [4.69, 9.17) is 19.0 Å². The van der Waals surface area contributed by atoms with Crippen LogP contribution in [0, 0.1) is 0 Å². The highest BCUT2D eigenvalue weighted by Gasteiger charge is 2.37. The van der Waals surface area contributed by atoms with Crippen LogP contribution in [0.3, 0.4) is 0 Å². The van der Waals surface area contributed by atoms with Gasteiger partial charge in [0.25, 0.3) is 5.91 Å². The van der Waals surface area contributed by atoms with Gasteiger partial charge in [0.05, 0.1) is 26.0 Å². The summed E-state index contributed by atoms with van der Waals surface area (Å²) in [6.45, 7) is 3.88. The van der Waals surface area contributed by atoms with Crippen LogP contribution in [0.5, 0.6) is 17.4 Å². The molecule has 0 atom stereocenters. The number of hydroxylamine groups is 2. The van der Waals surface area contributed by atoms with Gasteiger partial charge in [-0.2, -0.15) is 23.2 Å². The molecule has 5 rings (SSSR count). The van der Waals surface area contributed by atoms with Gasteiger partial charge in [0.1, 0.15) is 17.1 Å². The third-order valence-corrected chi connectivity index (χ3v) is 7.56. The molecule has 2 aliphatic rings. The number of alkyl halides is 3. The largest absolute Gasteiger partial charge is 0.495 e. The molecule has 1 aromatic heterocycles. The number of piperidine rings is 1. The number of ether oxygens (including phenoxy) is 3. The zero-order chi connectivity index (χ0) is 31.3. The number of hydrogen-bond acceptors (Lipinski definition) is 10. The van der Waals surface area contributed by atoms with E-state index < -0.39 is 17.6 Å². The molecule has 1 amide bonds. The average Bonchev–Trinajstić information content (AvgIpc) is 3.00. The second-order valence-electron chi connectivity index (χ2n) is 10.6. The first-order chi connectivity index (χ1) is 21.1. The molecule has 2 N–H and O–H groups in total. The summed E-state index contributed by atoms with van der Waals surface area (Å²) < 4.78 is 58.1. The molecule has 3 aromatic rings. The van der Waals surface area contributed by atoms with Crippen molar-refractivity contribution in [2.75, 3.05) is 52.8 Å². The lowest BCUT2D eigenvalue weighted by molar-refractivity contribution is -0.168. The lowest BCUT2D eigenvalue weighted by Gasteiger charge is -2.32. The topological polar surface area (TPSA) is 110 Å². The molecule has 0 aliphatic carbocycles. The van der Waals surface area contributed by atoms with Crippen molar-refractivity contribution in [3.05, 3.63) is 64.8 Å². The standard InChI is InChI=1S/C30H35F3N6O5/c1-38-17-20-5-4-6-25(22(20)18-43-38)44-28-23(30(31,32)33)16-34-29(37-28)36-24-8-7-19(15-26(24)42-3)27(40)35-21-9-11-39(12-10-21)13-14-41-2/h4-8,15-16,21H,9-14,17-18H2,1-3H3,(H,35,40)(H,34,36,37). The zero-order valence-electron chi connectivity index (χ0n) is 24.7. The Hall–Kier alpha value is -3.98. The molecule has 0 unspecified atom stereocenters. The summed E-state index contributed by atoms with van der Waals surface area (Å²) in [6, 6.07) is 9.93. The van der Waals surface area contributed by atoms with Gasteiger partial charge in [-0.25, -0.2) is 4.98 Å². The lowest BCUT2D eigenvalue weighted by Crippen LogP contribution is -2.45. The van der Waals surface area contributed by atoms with Gasteiger partial charge in [0.2, 0.25) is 11.8 Å². The summed E-state index contributed by atoms with van der Waals surface area (Å²) in [5, 5.41) is 7.60. The Bertz CT molecular complexity index is 1470. The van der Waals surface area contributed by atoms with Crippen molar-refractivity contribution in [3.63, 3.8) is 0 Å². The Kier molecular flexibility index (Phi) is 9.84.